The molecule has 1 atom stereocenters. The third-order valence-corrected chi connectivity index (χ3v) is 2.41. The normalized spacial score (nSPS) is 12.5. The lowest BCUT2D eigenvalue weighted by atomic mass is 9.99. The number of aliphatic hydroxyl groups is 1. The second kappa shape index (κ2) is 5.73. The van der Waals surface area contributed by atoms with Gasteiger partial charge in [-0.3, -0.25) is 0 Å². The largest absolute Gasteiger partial charge is 0.496 e. The first-order chi connectivity index (χ1) is 7.22. The number of benzene rings is 1. The molecule has 3 nitrogen and oxygen atoms in total. The van der Waals surface area contributed by atoms with E-state index in [1.807, 2.05) is 25.1 Å². The maximum absolute atomic E-state index is 9.14. The second-order valence-corrected chi connectivity index (χ2v) is 3.59. The zero-order chi connectivity index (χ0) is 11.3. The molecule has 0 aliphatic rings. The van der Waals surface area contributed by atoms with Crippen molar-refractivity contribution >= 4 is 0 Å². The minimum absolute atomic E-state index is 0.0803. The zero-order valence-electron chi connectivity index (χ0n) is 9.49. The highest BCUT2D eigenvalue weighted by atomic mass is 16.5. The zero-order valence-corrected chi connectivity index (χ0v) is 9.49. The van der Waals surface area contributed by atoms with E-state index < -0.39 is 0 Å². The molecule has 1 aromatic rings. The highest BCUT2D eigenvalue weighted by molar-refractivity contribution is 5.39. The van der Waals surface area contributed by atoms with Crippen LogP contribution >= 0.6 is 0 Å². The van der Waals surface area contributed by atoms with Crippen LogP contribution in [0.25, 0.3) is 0 Å². The summed E-state index contributed by atoms with van der Waals surface area (Å²) in [5, 5.41) is 9.14. The molecule has 1 N–H and O–H groups in total. The fourth-order valence-electron chi connectivity index (χ4n) is 1.52. The van der Waals surface area contributed by atoms with Crippen LogP contribution in [0.15, 0.2) is 18.2 Å². The van der Waals surface area contributed by atoms with Gasteiger partial charge in [-0.25, -0.2) is 0 Å². The summed E-state index contributed by atoms with van der Waals surface area (Å²) in [4.78, 5) is 0. The molecule has 0 heterocycles. The van der Waals surface area contributed by atoms with Crippen molar-refractivity contribution < 1.29 is 14.6 Å². The third kappa shape index (κ3) is 2.94. The van der Waals surface area contributed by atoms with Crippen LogP contribution in [0.3, 0.4) is 0 Å². The lowest BCUT2D eigenvalue weighted by Crippen LogP contribution is -2.03. The quantitative estimate of drug-likeness (QED) is 0.807. The van der Waals surface area contributed by atoms with Crippen molar-refractivity contribution in [2.45, 2.75) is 19.4 Å². The number of methoxy groups -OCH3 is 2. The molecule has 0 fully saturated rings. The predicted molar refractivity (Wildman–Crippen MR) is 59.2 cm³/mol. The number of hydrogen-bond donors (Lipinski definition) is 1. The van der Waals surface area contributed by atoms with Crippen LogP contribution in [0.1, 0.15) is 24.0 Å². The molecule has 0 bridgehead atoms. The molecular formula is C12H18O3. The van der Waals surface area contributed by atoms with Crippen molar-refractivity contribution in [3.05, 3.63) is 29.3 Å². The van der Waals surface area contributed by atoms with Crippen molar-refractivity contribution in [1.29, 1.82) is 0 Å². The Hall–Kier alpha value is -1.06. The average molecular weight is 210 g/mol. The molecule has 0 radical (unpaired) electrons. The first-order valence-electron chi connectivity index (χ1n) is 4.99. The van der Waals surface area contributed by atoms with Gasteiger partial charge >= 0.3 is 0 Å². The monoisotopic (exact) mass is 210 g/mol. The Bertz CT molecular complexity index is 310. The van der Waals surface area contributed by atoms with Gasteiger partial charge in [0.1, 0.15) is 5.75 Å². The van der Waals surface area contributed by atoms with Crippen molar-refractivity contribution in [1.82, 2.24) is 0 Å². The van der Waals surface area contributed by atoms with Crippen LogP contribution in [0, 0.1) is 0 Å². The van der Waals surface area contributed by atoms with Crippen molar-refractivity contribution in [2.75, 3.05) is 20.8 Å². The van der Waals surface area contributed by atoms with E-state index in [1.54, 1.807) is 14.2 Å². The summed E-state index contributed by atoms with van der Waals surface area (Å²) in [6.45, 7) is 2.66. The summed E-state index contributed by atoms with van der Waals surface area (Å²) >= 11 is 0. The Morgan fingerprint density at radius 3 is 2.60 bits per heavy atom. The van der Waals surface area contributed by atoms with E-state index >= 15 is 0 Å². The molecule has 0 aliphatic carbocycles. The Morgan fingerprint density at radius 1 is 1.33 bits per heavy atom. The molecule has 1 unspecified atom stereocenters. The van der Waals surface area contributed by atoms with E-state index in [9.17, 15) is 0 Å². The van der Waals surface area contributed by atoms with E-state index in [0.29, 0.717) is 6.61 Å². The van der Waals surface area contributed by atoms with Crippen LogP contribution in [-0.2, 0) is 11.3 Å². The highest BCUT2D eigenvalue weighted by Crippen LogP contribution is 2.27. The molecule has 0 amide bonds. The van der Waals surface area contributed by atoms with Gasteiger partial charge < -0.3 is 14.6 Å². The Balaban J connectivity index is 3.01. The SMILES string of the molecule is COCc1ccc(OC)c(C(C)CO)c1. The summed E-state index contributed by atoms with van der Waals surface area (Å²) < 4.78 is 10.3. The van der Waals surface area contributed by atoms with E-state index in [1.165, 1.54) is 0 Å². The molecule has 1 rings (SSSR count). The second-order valence-electron chi connectivity index (χ2n) is 3.59. The van der Waals surface area contributed by atoms with Gasteiger partial charge in [-0.2, -0.15) is 0 Å². The van der Waals surface area contributed by atoms with Gasteiger partial charge in [-0.15, -0.1) is 0 Å². The fraction of sp³-hybridized carbons (Fsp3) is 0.500. The molecular weight excluding hydrogens is 192 g/mol. The molecule has 0 aromatic heterocycles. The smallest absolute Gasteiger partial charge is 0.122 e. The molecule has 15 heavy (non-hydrogen) atoms. The Kier molecular flexibility index (Phi) is 4.59. The van der Waals surface area contributed by atoms with Crippen LogP contribution < -0.4 is 4.74 Å². The van der Waals surface area contributed by atoms with Gasteiger partial charge in [0.15, 0.2) is 0 Å². The Morgan fingerprint density at radius 2 is 2.07 bits per heavy atom. The molecule has 1 aromatic carbocycles. The van der Waals surface area contributed by atoms with E-state index in [2.05, 4.69) is 0 Å². The van der Waals surface area contributed by atoms with E-state index in [-0.39, 0.29) is 12.5 Å². The maximum atomic E-state index is 9.14. The number of aliphatic hydroxyl groups excluding tert-OH is 1. The van der Waals surface area contributed by atoms with Gasteiger partial charge in [0, 0.05) is 19.6 Å². The third-order valence-electron chi connectivity index (χ3n) is 2.41. The van der Waals surface area contributed by atoms with Crippen LogP contribution in [0.5, 0.6) is 5.75 Å². The van der Waals surface area contributed by atoms with Crippen molar-refractivity contribution in [3.8, 4) is 5.75 Å². The summed E-state index contributed by atoms with van der Waals surface area (Å²) in [6, 6.07) is 5.90. The first kappa shape index (κ1) is 12.0. The number of ether oxygens (including phenoxy) is 2. The van der Waals surface area contributed by atoms with Gasteiger partial charge in [-0.1, -0.05) is 13.0 Å². The number of rotatable bonds is 5. The lowest BCUT2D eigenvalue weighted by Gasteiger charge is -2.14. The lowest BCUT2D eigenvalue weighted by molar-refractivity contribution is 0.184. The minimum atomic E-state index is 0.0803. The summed E-state index contributed by atoms with van der Waals surface area (Å²) in [5.74, 6) is 0.896. The van der Waals surface area contributed by atoms with Crippen LogP contribution in [0.2, 0.25) is 0 Å². The highest BCUT2D eigenvalue weighted by Gasteiger charge is 2.11. The van der Waals surface area contributed by atoms with Gasteiger partial charge in [0.05, 0.1) is 13.7 Å². The van der Waals surface area contributed by atoms with Crippen LogP contribution in [-0.4, -0.2) is 25.9 Å². The van der Waals surface area contributed by atoms with Crippen molar-refractivity contribution in [3.63, 3.8) is 0 Å². The summed E-state index contributed by atoms with van der Waals surface area (Å²) in [6.07, 6.45) is 0. The molecule has 0 aliphatic heterocycles. The molecule has 3 heteroatoms. The van der Waals surface area contributed by atoms with Crippen molar-refractivity contribution in [2.24, 2.45) is 0 Å². The standard InChI is InChI=1S/C12H18O3/c1-9(7-13)11-6-10(8-14-2)4-5-12(11)15-3/h4-6,9,13H,7-8H2,1-3H3. The molecule has 0 saturated heterocycles. The number of hydrogen-bond acceptors (Lipinski definition) is 3. The van der Waals surface area contributed by atoms with E-state index in [0.717, 1.165) is 16.9 Å². The fourth-order valence-corrected chi connectivity index (χ4v) is 1.52. The molecule has 0 spiro atoms. The Labute approximate surface area is 90.6 Å². The van der Waals surface area contributed by atoms with Crippen LogP contribution in [0.4, 0.5) is 0 Å². The first-order valence-corrected chi connectivity index (χ1v) is 4.99. The van der Waals surface area contributed by atoms with Gasteiger partial charge in [-0.05, 0) is 23.3 Å². The molecule has 0 saturated carbocycles. The maximum Gasteiger partial charge on any atom is 0.122 e. The van der Waals surface area contributed by atoms with Gasteiger partial charge in [0.25, 0.3) is 0 Å². The molecule has 84 valence electrons. The summed E-state index contributed by atoms with van der Waals surface area (Å²) in [5.41, 5.74) is 2.11. The van der Waals surface area contributed by atoms with Gasteiger partial charge in [0.2, 0.25) is 0 Å². The minimum Gasteiger partial charge on any atom is -0.496 e. The topological polar surface area (TPSA) is 38.7 Å². The average Bonchev–Trinajstić information content (AvgIpc) is 2.28. The van der Waals surface area contributed by atoms with E-state index in [4.69, 9.17) is 14.6 Å². The predicted octanol–water partition coefficient (Wildman–Crippen LogP) is 1.94. The summed E-state index contributed by atoms with van der Waals surface area (Å²) in [7, 11) is 3.30.